The summed E-state index contributed by atoms with van der Waals surface area (Å²) in [4.78, 5) is 24.1. The lowest BCUT2D eigenvalue weighted by Gasteiger charge is -2.20. The highest BCUT2D eigenvalue weighted by molar-refractivity contribution is 5.87. The van der Waals surface area contributed by atoms with Gasteiger partial charge in [-0.2, -0.15) is 0 Å². The molecule has 0 amide bonds. The Morgan fingerprint density at radius 3 is 2.42 bits per heavy atom. The highest BCUT2D eigenvalue weighted by Crippen LogP contribution is 2.21. The van der Waals surface area contributed by atoms with Gasteiger partial charge in [-0.3, -0.25) is 4.79 Å². The predicted molar refractivity (Wildman–Crippen MR) is 89.0 cm³/mol. The summed E-state index contributed by atoms with van der Waals surface area (Å²) in [5.74, 6) is -1.53. The lowest BCUT2D eigenvalue weighted by Crippen LogP contribution is -2.31. The van der Waals surface area contributed by atoms with E-state index < -0.39 is 11.5 Å². The van der Waals surface area contributed by atoms with Crippen molar-refractivity contribution in [2.24, 2.45) is 0 Å². The van der Waals surface area contributed by atoms with E-state index in [1.807, 2.05) is 0 Å². The third-order valence-electron chi connectivity index (χ3n) is 4.58. The summed E-state index contributed by atoms with van der Waals surface area (Å²) in [5.41, 5.74) is 2.00. The van der Waals surface area contributed by atoms with Crippen LogP contribution in [0.15, 0.2) is 35.1 Å². The van der Waals surface area contributed by atoms with E-state index in [9.17, 15) is 19.1 Å². The maximum Gasteiger partial charge on any atom is 0.341 e. The Labute approximate surface area is 139 Å². The van der Waals surface area contributed by atoms with Crippen LogP contribution in [0.4, 0.5) is 4.39 Å². The lowest BCUT2D eigenvalue weighted by molar-refractivity contribution is 0.0694. The number of carboxylic acid groups (broad SMARTS) is 1. The molecule has 0 radical (unpaired) electrons. The van der Waals surface area contributed by atoms with Gasteiger partial charge in [-0.15, -0.1) is 0 Å². The molecule has 1 aromatic carbocycles. The van der Waals surface area contributed by atoms with Gasteiger partial charge in [0.15, 0.2) is 0 Å². The Balaban J connectivity index is 2.11. The maximum atomic E-state index is 13.1. The number of aromatic nitrogens is 1. The number of fused-ring (bicyclic) bond motifs is 1. The fraction of sp³-hybridized carbons (Fsp3) is 0.368. The van der Waals surface area contributed by atoms with Crippen LogP contribution in [0.25, 0.3) is 0 Å². The van der Waals surface area contributed by atoms with Crippen molar-refractivity contribution in [3.8, 4) is 0 Å². The van der Waals surface area contributed by atoms with Gasteiger partial charge in [0.25, 0.3) is 5.56 Å². The molecule has 0 spiro atoms. The molecule has 5 heteroatoms. The van der Waals surface area contributed by atoms with E-state index >= 15 is 0 Å². The molecule has 1 aliphatic rings. The Morgan fingerprint density at radius 2 is 1.75 bits per heavy atom. The van der Waals surface area contributed by atoms with Crippen LogP contribution in [-0.2, 0) is 19.4 Å². The van der Waals surface area contributed by atoms with Crippen LogP contribution in [0, 0.1) is 5.82 Å². The highest BCUT2D eigenvalue weighted by atomic mass is 19.1. The summed E-state index contributed by atoms with van der Waals surface area (Å²) >= 11 is 0. The molecule has 0 fully saturated rings. The number of benzene rings is 1. The first-order valence-electron chi connectivity index (χ1n) is 8.29. The van der Waals surface area contributed by atoms with Crippen molar-refractivity contribution in [2.75, 3.05) is 0 Å². The number of carbonyl (C=O) groups is 1. The van der Waals surface area contributed by atoms with Crippen LogP contribution in [-0.4, -0.2) is 15.6 Å². The summed E-state index contributed by atoms with van der Waals surface area (Å²) in [6, 6.07) is 7.51. The van der Waals surface area contributed by atoms with Gasteiger partial charge < -0.3 is 9.67 Å². The van der Waals surface area contributed by atoms with Crippen molar-refractivity contribution in [2.45, 2.75) is 45.1 Å². The van der Waals surface area contributed by atoms with E-state index in [4.69, 9.17) is 0 Å². The van der Waals surface area contributed by atoms with Crippen molar-refractivity contribution >= 4 is 5.97 Å². The monoisotopic (exact) mass is 329 g/mol. The van der Waals surface area contributed by atoms with E-state index in [2.05, 4.69) is 0 Å². The van der Waals surface area contributed by atoms with Crippen molar-refractivity contribution in [1.82, 2.24) is 4.57 Å². The number of pyridine rings is 1. The van der Waals surface area contributed by atoms with Gasteiger partial charge in [0.05, 0.1) is 6.54 Å². The molecule has 2 aromatic rings. The van der Waals surface area contributed by atoms with Crippen molar-refractivity contribution in [3.63, 3.8) is 0 Å². The molecule has 1 aromatic heterocycles. The van der Waals surface area contributed by atoms with E-state index in [0.717, 1.165) is 55.3 Å². The minimum Gasteiger partial charge on any atom is -0.477 e. The molecule has 0 saturated heterocycles. The molecular weight excluding hydrogens is 309 g/mol. The number of nitrogens with zero attached hydrogens (tertiary/aromatic N) is 1. The molecule has 126 valence electrons. The number of halogens is 1. The normalized spacial score (nSPS) is 14.5. The second-order valence-corrected chi connectivity index (χ2v) is 6.27. The summed E-state index contributed by atoms with van der Waals surface area (Å²) in [5, 5.41) is 9.36. The molecule has 4 nitrogen and oxygen atoms in total. The number of aromatic carboxylic acids is 1. The van der Waals surface area contributed by atoms with Gasteiger partial charge in [-0.25, -0.2) is 9.18 Å². The van der Waals surface area contributed by atoms with E-state index in [-0.39, 0.29) is 17.9 Å². The standard InChI is InChI=1S/C19H20FNO3/c20-15-9-7-13(8-10-15)12-21-17-6-4-2-1-3-5-14(17)11-16(18(21)22)19(23)24/h7-11H,1-6,12H2,(H,23,24). The minimum absolute atomic E-state index is 0.184. The van der Waals surface area contributed by atoms with Crippen molar-refractivity contribution in [1.29, 1.82) is 0 Å². The van der Waals surface area contributed by atoms with Gasteiger partial charge in [0, 0.05) is 5.69 Å². The molecule has 1 N–H and O–H groups in total. The van der Waals surface area contributed by atoms with Gasteiger partial charge in [-0.1, -0.05) is 25.0 Å². The van der Waals surface area contributed by atoms with Crippen LogP contribution >= 0.6 is 0 Å². The summed E-state index contributed by atoms with van der Waals surface area (Å²) in [7, 11) is 0. The zero-order valence-electron chi connectivity index (χ0n) is 13.4. The minimum atomic E-state index is -1.20. The summed E-state index contributed by atoms with van der Waals surface area (Å²) in [6.45, 7) is 0.266. The van der Waals surface area contributed by atoms with Gasteiger partial charge in [0.2, 0.25) is 0 Å². The first-order valence-corrected chi connectivity index (χ1v) is 8.29. The second-order valence-electron chi connectivity index (χ2n) is 6.27. The van der Waals surface area contributed by atoms with E-state index in [1.165, 1.54) is 12.1 Å². The van der Waals surface area contributed by atoms with Gasteiger partial charge in [-0.05, 0) is 55.0 Å². The molecule has 1 aliphatic carbocycles. The molecule has 1 heterocycles. The zero-order valence-corrected chi connectivity index (χ0v) is 13.4. The van der Waals surface area contributed by atoms with Crippen molar-refractivity contribution < 1.29 is 14.3 Å². The number of rotatable bonds is 3. The SMILES string of the molecule is O=C(O)c1cc2c(n(Cc3ccc(F)cc3)c1=O)CCCCCC2. The van der Waals surface area contributed by atoms with Crippen LogP contribution < -0.4 is 5.56 Å². The maximum absolute atomic E-state index is 13.1. The molecule has 0 aliphatic heterocycles. The average molecular weight is 329 g/mol. The third-order valence-corrected chi connectivity index (χ3v) is 4.58. The Morgan fingerprint density at radius 1 is 1.08 bits per heavy atom. The fourth-order valence-corrected chi connectivity index (χ4v) is 3.33. The van der Waals surface area contributed by atoms with E-state index in [1.54, 1.807) is 22.8 Å². The Hall–Kier alpha value is -2.43. The van der Waals surface area contributed by atoms with Gasteiger partial charge in [0.1, 0.15) is 11.4 Å². The molecule has 24 heavy (non-hydrogen) atoms. The van der Waals surface area contributed by atoms with Crippen LogP contribution in [0.3, 0.4) is 0 Å². The van der Waals surface area contributed by atoms with Crippen molar-refractivity contribution in [3.05, 3.63) is 68.9 Å². The van der Waals surface area contributed by atoms with Crippen LogP contribution in [0.5, 0.6) is 0 Å². The first-order chi connectivity index (χ1) is 11.6. The smallest absolute Gasteiger partial charge is 0.341 e. The summed E-state index contributed by atoms with van der Waals surface area (Å²) < 4.78 is 14.7. The van der Waals surface area contributed by atoms with Crippen LogP contribution in [0.1, 0.15) is 52.9 Å². The quantitative estimate of drug-likeness (QED) is 0.939. The lowest BCUT2D eigenvalue weighted by atomic mass is 9.95. The second kappa shape index (κ2) is 6.99. The molecule has 0 atom stereocenters. The van der Waals surface area contributed by atoms with E-state index in [0.29, 0.717) is 0 Å². The molecule has 3 rings (SSSR count). The Bertz CT molecular complexity index is 809. The Kier molecular flexibility index (Phi) is 4.79. The number of carboxylic acids is 1. The summed E-state index contributed by atoms with van der Waals surface area (Å²) in [6.07, 6.45) is 5.79. The molecule has 0 unspecified atom stereocenters. The zero-order chi connectivity index (χ0) is 17.1. The molecular formula is C19H20FNO3. The van der Waals surface area contributed by atoms with Gasteiger partial charge >= 0.3 is 5.97 Å². The number of hydrogen-bond acceptors (Lipinski definition) is 2. The number of hydrogen-bond donors (Lipinski definition) is 1. The predicted octanol–water partition coefficient (Wildman–Crippen LogP) is 3.39. The number of aryl methyl sites for hydroxylation is 1. The average Bonchev–Trinajstić information content (AvgIpc) is 2.53. The largest absolute Gasteiger partial charge is 0.477 e. The molecule has 0 bridgehead atoms. The fourth-order valence-electron chi connectivity index (χ4n) is 3.33. The topological polar surface area (TPSA) is 59.3 Å². The highest BCUT2D eigenvalue weighted by Gasteiger charge is 2.19. The third kappa shape index (κ3) is 3.40. The van der Waals surface area contributed by atoms with Crippen LogP contribution in [0.2, 0.25) is 0 Å². The first kappa shape index (κ1) is 16.4. The molecule has 0 saturated carbocycles.